The topological polar surface area (TPSA) is 147 Å². The highest BCUT2D eigenvalue weighted by Gasteiger charge is 2.16. The fraction of sp³-hybridized carbons (Fsp3) is 0.154. The molecule has 0 aromatic heterocycles. The van der Waals surface area contributed by atoms with Gasteiger partial charge in [-0.25, -0.2) is 0 Å². The molecule has 6 N–H and O–H groups in total. The second-order valence-electron chi connectivity index (χ2n) is 8.26. The number of carbonyl (C=O) groups excluding carboxylic acids is 2. The number of phenols is 2. The van der Waals surface area contributed by atoms with Gasteiger partial charge in [-0.15, -0.1) is 12.4 Å². The van der Waals surface area contributed by atoms with E-state index in [1.165, 1.54) is 12.1 Å². The van der Waals surface area contributed by atoms with Crippen LogP contribution in [0.5, 0.6) is 11.5 Å². The maximum atomic E-state index is 12.6. The normalized spacial score (nSPS) is 13.9. The first-order valence-corrected chi connectivity index (χ1v) is 11.4. The van der Waals surface area contributed by atoms with Crippen molar-refractivity contribution in [3.8, 4) is 11.5 Å². The quantitative estimate of drug-likeness (QED) is 0.294. The maximum Gasteiger partial charge on any atom is 0.255 e. The SMILES string of the molecule is Cl.O=C(Nc1ccc(C2=NCCN2)c(O)c1)c1ccc(C(=O)Nc2ccc(C3=NCCN3)c(O)c2)cc1. The van der Waals surface area contributed by atoms with Crippen molar-refractivity contribution in [2.24, 2.45) is 9.98 Å². The number of aliphatic imine (C=N–C) groups is 2. The highest BCUT2D eigenvalue weighted by molar-refractivity contribution is 6.08. The second kappa shape index (κ2) is 11.0. The molecule has 0 saturated heterocycles. The molecule has 0 spiro atoms. The predicted octanol–water partition coefficient (Wildman–Crippen LogP) is 2.72. The van der Waals surface area contributed by atoms with Crippen LogP contribution >= 0.6 is 12.4 Å². The molecule has 2 aliphatic heterocycles. The zero-order valence-corrected chi connectivity index (χ0v) is 20.4. The summed E-state index contributed by atoms with van der Waals surface area (Å²) in [4.78, 5) is 33.9. The Hall–Kier alpha value is -4.57. The first-order chi connectivity index (χ1) is 17.5. The van der Waals surface area contributed by atoms with E-state index in [1.54, 1.807) is 48.5 Å². The molecule has 0 radical (unpaired) electrons. The lowest BCUT2D eigenvalue weighted by atomic mass is 10.1. The van der Waals surface area contributed by atoms with E-state index in [0.29, 0.717) is 58.4 Å². The van der Waals surface area contributed by atoms with Crippen LogP contribution in [-0.4, -0.2) is 59.9 Å². The van der Waals surface area contributed by atoms with Gasteiger partial charge in [-0.3, -0.25) is 19.6 Å². The summed E-state index contributed by atoms with van der Waals surface area (Å²) in [5, 5.41) is 32.3. The molecule has 190 valence electrons. The molecular weight excluding hydrogens is 496 g/mol. The van der Waals surface area contributed by atoms with Gasteiger partial charge in [0.25, 0.3) is 11.8 Å². The molecular formula is C26H25ClN6O4. The maximum absolute atomic E-state index is 12.6. The van der Waals surface area contributed by atoms with Gasteiger partial charge in [-0.05, 0) is 48.5 Å². The number of hydrogen-bond donors (Lipinski definition) is 6. The number of rotatable bonds is 6. The van der Waals surface area contributed by atoms with Gasteiger partial charge < -0.3 is 31.5 Å². The minimum atomic E-state index is -0.380. The van der Waals surface area contributed by atoms with Crippen molar-refractivity contribution < 1.29 is 19.8 Å². The molecule has 0 aliphatic carbocycles. The largest absolute Gasteiger partial charge is 0.507 e. The summed E-state index contributed by atoms with van der Waals surface area (Å²) < 4.78 is 0. The number of phenolic OH excluding ortho intramolecular Hbond substituents is 2. The Morgan fingerprint density at radius 1 is 0.676 bits per heavy atom. The number of amides is 2. The van der Waals surface area contributed by atoms with E-state index in [0.717, 1.165) is 13.1 Å². The third-order valence-electron chi connectivity index (χ3n) is 5.78. The van der Waals surface area contributed by atoms with E-state index < -0.39 is 0 Å². The molecule has 5 rings (SSSR count). The van der Waals surface area contributed by atoms with Gasteiger partial charge >= 0.3 is 0 Å². The summed E-state index contributed by atoms with van der Waals surface area (Å²) in [6.45, 7) is 2.77. The lowest BCUT2D eigenvalue weighted by Crippen LogP contribution is -2.20. The molecule has 2 aliphatic rings. The molecule has 0 saturated carbocycles. The Morgan fingerprint density at radius 2 is 1.08 bits per heavy atom. The van der Waals surface area contributed by atoms with Crippen LogP contribution < -0.4 is 21.3 Å². The summed E-state index contributed by atoms with van der Waals surface area (Å²) in [6.07, 6.45) is 0. The summed E-state index contributed by atoms with van der Waals surface area (Å²) >= 11 is 0. The van der Waals surface area contributed by atoms with Crippen LogP contribution in [0.1, 0.15) is 31.8 Å². The van der Waals surface area contributed by atoms with Crippen molar-refractivity contribution in [3.05, 3.63) is 82.9 Å². The minimum absolute atomic E-state index is 0. The van der Waals surface area contributed by atoms with Crippen LogP contribution in [0, 0.1) is 0 Å². The van der Waals surface area contributed by atoms with E-state index in [1.807, 2.05) is 0 Å². The molecule has 2 amide bonds. The molecule has 11 heteroatoms. The lowest BCUT2D eigenvalue weighted by molar-refractivity contribution is 0.101. The molecule has 0 bridgehead atoms. The average molecular weight is 521 g/mol. The van der Waals surface area contributed by atoms with Crippen LogP contribution in [0.25, 0.3) is 0 Å². The van der Waals surface area contributed by atoms with Gasteiger partial charge in [-0.2, -0.15) is 0 Å². The summed E-state index contributed by atoms with van der Waals surface area (Å²) in [6, 6.07) is 15.9. The molecule has 3 aromatic rings. The van der Waals surface area contributed by atoms with Crippen molar-refractivity contribution in [2.75, 3.05) is 36.8 Å². The molecule has 2 heterocycles. The summed E-state index contributed by atoms with van der Waals surface area (Å²) in [7, 11) is 0. The summed E-state index contributed by atoms with van der Waals surface area (Å²) in [5.74, 6) is 0.527. The average Bonchev–Trinajstić information content (AvgIpc) is 3.59. The van der Waals surface area contributed by atoms with Crippen LogP contribution in [-0.2, 0) is 0 Å². The number of nitrogens with one attached hydrogen (secondary N) is 4. The highest BCUT2D eigenvalue weighted by Crippen LogP contribution is 2.25. The number of amidine groups is 2. The Kier molecular flexibility index (Phi) is 7.59. The molecule has 10 nitrogen and oxygen atoms in total. The van der Waals surface area contributed by atoms with Crippen molar-refractivity contribution in [1.29, 1.82) is 0 Å². The Labute approximate surface area is 219 Å². The monoisotopic (exact) mass is 520 g/mol. The van der Waals surface area contributed by atoms with E-state index in [2.05, 4.69) is 31.3 Å². The predicted molar refractivity (Wildman–Crippen MR) is 145 cm³/mol. The fourth-order valence-electron chi connectivity index (χ4n) is 3.96. The van der Waals surface area contributed by atoms with Gasteiger partial charge in [-0.1, -0.05) is 0 Å². The molecule has 37 heavy (non-hydrogen) atoms. The number of carbonyl (C=O) groups is 2. The smallest absolute Gasteiger partial charge is 0.255 e. The van der Waals surface area contributed by atoms with Crippen LogP contribution in [0.15, 0.2) is 70.6 Å². The Balaban J connectivity index is 0.00000320. The van der Waals surface area contributed by atoms with Crippen LogP contribution in [0.3, 0.4) is 0 Å². The van der Waals surface area contributed by atoms with E-state index >= 15 is 0 Å². The zero-order chi connectivity index (χ0) is 25.1. The second-order valence-corrected chi connectivity index (χ2v) is 8.26. The first-order valence-electron chi connectivity index (χ1n) is 11.4. The van der Waals surface area contributed by atoms with Crippen molar-refractivity contribution in [2.45, 2.75) is 0 Å². The van der Waals surface area contributed by atoms with Gasteiger partial charge in [0.05, 0.1) is 24.2 Å². The van der Waals surface area contributed by atoms with E-state index in [4.69, 9.17) is 0 Å². The third-order valence-corrected chi connectivity index (χ3v) is 5.78. The molecule has 0 atom stereocenters. The fourth-order valence-corrected chi connectivity index (χ4v) is 3.96. The van der Waals surface area contributed by atoms with Crippen molar-refractivity contribution >= 4 is 47.3 Å². The van der Waals surface area contributed by atoms with Crippen LogP contribution in [0.2, 0.25) is 0 Å². The number of nitrogens with zero attached hydrogens (tertiary/aromatic N) is 2. The lowest BCUT2D eigenvalue weighted by Gasteiger charge is -2.11. The van der Waals surface area contributed by atoms with Gasteiger partial charge in [0.2, 0.25) is 0 Å². The Morgan fingerprint density at radius 3 is 1.41 bits per heavy atom. The minimum Gasteiger partial charge on any atom is -0.507 e. The number of benzene rings is 3. The standard InChI is InChI=1S/C26H24N6O4.ClH/c33-21-13-17(5-7-19(21)23-27-9-10-28-23)31-25(35)15-1-2-16(4-3-15)26(36)32-18-6-8-20(22(34)14-18)24-29-11-12-30-24;/h1-8,13-14,33-34H,9-12H2,(H,27,28)(H,29,30)(H,31,35)(H,32,36);1H. The first kappa shape index (κ1) is 25.5. The van der Waals surface area contributed by atoms with Gasteiger partial charge in [0.15, 0.2) is 0 Å². The van der Waals surface area contributed by atoms with Crippen LogP contribution in [0.4, 0.5) is 11.4 Å². The van der Waals surface area contributed by atoms with Gasteiger partial charge in [0.1, 0.15) is 23.2 Å². The molecule has 0 fully saturated rings. The van der Waals surface area contributed by atoms with Crippen molar-refractivity contribution in [1.82, 2.24) is 10.6 Å². The third kappa shape index (κ3) is 5.65. The van der Waals surface area contributed by atoms with E-state index in [9.17, 15) is 19.8 Å². The molecule has 3 aromatic carbocycles. The highest BCUT2D eigenvalue weighted by atomic mass is 35.5. The van der Waals surface area contributed by atoms with Crippen molar-refractivity contribution in [3.63, 3.8) is 0 Å². The van der Waals surface area contributed by atoms with E-state index in [-0.39, 0.29) is 35.7 Å². The van der Waals surface area contributed by atoms with Gasteiger partial charge in [0, 0.05) is 47.7 Å². The number of aromatic hydroxyl groups is 2. The number of anilines is 2. The number of halogens is 1. The number of hydrogen-bond acceptors (Lipinski definition) is 8. The zero-order valence-electron chi connectivity index (χ0n) is 19.6. The molecule has 0 unspecified atom stereocenters. The Bertz CT molecular complexity index is 1300. The summed E-state index contributed by atoms with van der Waals surface area (Å²) in [5.41, 5.74) is 2.72.